The minimum Gasteiger partial charge on any atom is -0.505 e. The van der Waals surface area contributed by atoms with Crippen molar-refractivity contribution in [1.29, 1.82) is 0 Å². The number of ether oxygens (including phenoxy) is 2. The predicted octanol–water partition coefficient (Wildman–Crippen LogP) is 3.96. The second kappa shape index (κ2) is 8.61. The fourth-order valence-electron chi connectivity index (χ4n) is 3.21. The van der Waals surface area contributed by atoms with Crippen molar-refractivity contribution in [2.24, 2.45) is 0 Å². The zero-order valence-corrected chi connectivity index (χ0v) is 16.2. The number of rotatable bonds is 7. The van der Waals surface area contributed by atoms with Crippen molar-refractivity contribution in [3.05, 3.63) is 59.8 Å². The van der Waals surface area contributed by atoms with Crippen LogP contribution >= 0.6 is 0 Å². The third-order valence-electron chi connectivity index (χ3n) is 4.61. The highest BCUT2D eigenvalue weighted by Gasteiger charge is 2.23. The number of aromatic nitrogens is 1. The standard InChI is InChI=1S/C22H24N2O4/c1-4-6-19(25)24-20(15-9-11-17(27-2)18(13-15)28-3)16-10-8-14-7-5-12-23-21(14)22(16)26/h5,7-13,20,26H,4,6H2,1-3H3,(H,24,25). The van der Waals surface area contributed by atoms with Crippen LogP contribution in [0.25, 0.3) is 10.9 Å². The van der Waals surface area contributed by atoms with Crippen molar-refractivity contribution in [3.8, 4) is 17.2 Å². The van der Waals surface area contributed by atoms with Gasteiger partial charge in [-0.15, -0.1) is 0 Å². The van der Waals surface area contributed by atoms with Crippen molar-refractivity contribution in [2.45, 2.75) is 25.8 Å². The van der Waals surface area contributed by atoms with Crippen molar-refractivity contribution >= 4 is 16.8 Å². The number of benzene rings is 2. The van der Waals surface area contributed by atoms with Gasteiger partial charge in [0.1, 0.15) is 11.3 Å². The van der Waals surface area contributed by atoms with Crippen LogP contribution < -0.4 is 14.8 Å². The van der Waals surface area contributed by atoms with Gasteiger partial charge in [-0.1, -0.05) is 31.2 Å². The zero-order valence-electron chi connectivity index (χ0n) is 16.2. The van der Waals surface area contributed by atoms with Crippen molar-refractivity contribution in [2.75, 3.05) is 14.2 Å². The molecule has 0 aliphatic carbocycles. The first-order chi connectivity index (χ1) is 13.6. The Bertz CT molecular complexity index is 987. The van der Waals surface area contributed by atoms with Gasteiger partial charge in [0.05, 0.1) is 20.3 Å². The molecular weight excluding hydrogens is 356 g/mol. The van der Waals surface area contributed by atoms with Crippen molar-refractivity contribution < 1.29 is 19.4 Å². The maximum Gasteiger partial charge on any atom is 0.220 e. The number of nitrogens with zero attached hydrogens (tertiary/aromatic N) is 1. The summed E-state index contributed by atoms with van der Waals surface area (Å²) in [5.41, 5.74) is 1.84. The van der Waals surface area contributed by atoms with Gasteiger partial charge in [-0.3, -0.25) is 9.78 Å². The summed E-state index contributed by atoms with van der Waals surface area (Å²) in [7, 11) is 3.13. The van der Waals surface area contributed by atoms with Gasteiger partial charge in [-0.25, -0.2) is 0 Å². The normalized spacial score (nSPS) is 11.8. The largest absolute Gasteiger partial charge is 0.505 e. The van der Waals surface area contributed by atoms with Gasteiger partial charge in [0.2, 0.25) is 5.91 Å². The number of hydrogen-bond acceptors (Lipinski definition) is 5. The van der Waals surface area contributed by atoms with Crippen LogP contribution in [0, 0.1) is 0 Å². The molecule has 0 bridgehead atoms. The summed E-state index contributed by atoms with van der Waals surface area (Å²) in [6.07, 6.45) is 2.76. The van der Waals surface area contributed by atoms with Crippen LogP contribution in [-0.4, -0.2) is 30.2 Å². The van der Waals surface area contributed by atoms with E-state index in [0.717, 1.165) is 17.4 Å². The van der Waals surface area contributed by atoms with Crippen LogP contribution in [-0.2, 0) is 4.79 Å². The van der Waals surface area contributed by atoms with Gasteiger partial charge in [-0.05, 0) is 30.2 Å². The molecule has 0 aliphatic heterocycles. The minimum atomic E-state index is -0.551. The summed E-state index contributed by atoms with van der Waals surface area (Å²) in [5, 5.41) is 14.7. The summed E-state index contributed by atoms with van der Waals surface area (Å²) in [4.78, 5) is 16.7. The SMILES string of the molecule is CCCC(=O)NC(c1ccc(OC)c(OC)c1)c1ccc2cccnc2c1O. The Morgan fingerprint density at radius 3 is 2.64 bits per heavy atom. The molecule has 1 unspecified atom stereocenters. The lowest BCUT2D eigenvalue weighted by Gasteiger charge is -2.22. The number of aromatic hydroxyl groups is 1. The monoisotopic (exact) mass is 380 g/mol. The molecule has 2 N–H and O–H groups in total. The third-order valence-corrected chi connectivity index (χ3v) is 4.61. The molecule has 2 aromatic carbocycles. The number of carbonyl (C=O) groups is 1. The van der Waals surface area contributed by atoms with Crippen LogP contribution in [0.15, 0.2) is 48.7 Å². The minimum absolute atomic E-state index is 0.0506. The Balaban J connectivity index is 2.12. The number of methoxy groups -OCH3 is 2. The van der Waals surface area contributed by atoms with Crippen LogP contribution in [0.5, 0.6) is 17.2 Å². The number of pyridine rings is 1. The van der Waals surface area contributed by atoms with E-state index in [1.165, 1.54) is 0 Å². The molecule has 3 aromatic rings. The van der Waals surface area contributed by atoms with E-state index in [1.807, 2.05) is 37.3 Å². The molecule has 0 saturated carbocycles. The molecule has 1 aromatic heterocycles. The Labute approximate surface area is 164 Å². The van der Waals surface area contributed by atoms with Gasteiger partial charge >= 0.3 is 0 Å². The van der Waals surface area contributed by atoms with E-state index in [0.29, 0.717) is 29.0 Å². The first kappa shape index (κ1) is 19.5. The number of carbonyl (C=O) groups excluding carboxylic acids is 1. The first-order valence-electron chi connectivity index (χ1n) is 9.17. The molecule has 0 radical (unpaired) electrons. The Kier molecular flexibility index (Phi) is 5.99. The van der Waals surface area contributed by atoms with Crippen LogP contribution in [0.3, 0.4) is 0 Å². The Morgan fingerprint density at radius 1 is 1.14 bits per heavy atom. The summed E-state index contributed by atoms with van der Waals surface area (Å²) in [6.45, 7) is 1.95. The number of amides is 1. The fraction of sp³-hybridized carbons (Fsp3) is 0.273. The van der Waals surface area contributed by atoms with E-state index in [-0.39, 0.29) is 11.7 Å². The van der Waals surface area contributed by atoms with Crippen LogP contribution in [0.2, 0.25) is 0 Å². The molecule has 6 heteroatoms. The van der Waals surface area contributed by atoms with E-state index in [2.05, 4.69) is 10.3 Å². The lowest BCUT2D eigenvalue weighted by Crippen LogP contribution is -2.29. The molecular formula is C22H24N2O4. The zero-order chi connectivity index (χ0) is 20.1. The number of phenolic OH excluding ortho intramolecular Hbond substituents is 1. The predicted molar refractivity (Wildman–Crippen MR) is 108 cm³/mol. The molecule has 1 heterocycles. The fourth-order valence-corrected chi connectivity index (χ4v) is 3.21. The molecule has 0 fully saturated rings. The average Bonchev–Trinajstić information content (AvgIpc) is 2.72. The molecule has 28 heavy (non-hydrogen) atoms. The van der Waals surface area contributed by atoms with Gasteiger partial charge in [0.15, 0.2) is 11.5 Å². The van der Waals surface area contributed by atoms with Gasteiger partial charge < -0.3 is 19.9 Å². The van der Waals surface area contributed by atoms with Gasteiger partial charge in [0, 0.05) is 23.6 Å². The Morgan fingerprint density at radius 2 is 1.93 bits per heavy atom. The number of phenols is 1. The highest BCUT2D eigenvalue weighted by molar-refractivity contribution is 5.86. The topological polar surface area (TPSA) is 80.7 Å². The summed E-state index contributed by atoms with van der Waals surface area (Å²) in [5.74, 6) is 1.10. The average molecular weight is 380 g/mol. The van der Waals surface area contributed by atoms with Crippen LogP contribution in [0.1, 0.15) is 36.9 Å². The first-order valence-corrected chi connectivity index (χ1v) is 9.17. The number of nitrogens with one attached hydrogen (secondary N) is 1. The van der Waals surface area contributed by atoms with E-state index in [9.17, 15) is 9.90 Å². The molecule has 1 amide bonds. The van der Waals surface area contributed by atoms with E-state index in [4.69, 9.17) is 9.47 Å². The molecule has 146 valence electrons. The Hall–Kier alpha value is -3.28. The molecule has 3 rings (SSSR count). The smallest absolute Gasteiger partial charge is 0.220 e. The highest BCUT2D eigenvalue weighted by Crippen LogP contribution is 2.37. The third kappa shape index (κ3) is 3.86. The van der Waals surface area contributed by atoms with E-state index in [1.54, 1.807) is 32.5 Å². The van der Waals surface area contributed by atoms with Crippen molar-refractivity contribution in [3.63, 3.8) is 0 Å². The summed E-state index contributed by atoms with van der Waals surface area (Å²) >= 11 is 0. The van der Waals surface area contributed by atoms with E-state index >= 15 is 0 Å². The highest BCUT2D eigenvalue weighted by atomic mass is 16.5. The summed E-state index contributed by atoms with van der Waals surface area (Å²) < 4.78 is 10.7. The second-order valence-corrected chi connectivity index (χ2v) is 6.44. The number of hydrogen-bond donors (Lipinski definition) is 2. The number of fused-ring (bicyclic) bond motifs is 1. The maximum absolute atomic E-state index is 12.4. The summed E-state index contributed by atoms with van der Waals surface area (Å²) in [6, 6.07) is 12.3. The molecule has 6 nitrogen and oxygen atoms in total. The maximum atomic E-state index is 12.4. The molecule has 1 atom stereocenters. The lowest BCUT2D eigenvalue weighted by molar-refractivity contribution is -0.121. The second-order valence-electron chi connectivity index (χ2n) is 6.44. The molecule has 0 aliphatic rings. The molecule has 0 spiro atoms. The quantitative estimate of drug-likeness (QED) is 0.648. The van der Waals surface area contributed by atoms with Crippen molar-refractivity contribution in [1.82, 2.24) is 10.3 Å². The van der Waals surface area contributed by atoms with E-state index < -0.39 is 6.04 Å². The lowest BCUT2D eigenvalue weighted by atomic mass is 9.95. The molecule has 0 saturated heterocycles. The van der Waals surface area contributed by atoms with Gasteiger partial charge in [-0.2, -0.15) is 0 Å². The van der Waals surface area contributed by atoms with Gasteiger partial charge in [0.25, 0.3) is 0 Å². The van der Waals surface area contributed by atoms with Crippen LogP contribution in [0.4, 0.5) is 0 Å².